The van der Waals surface area contributed by atoms with Crippen LogP contribution in [0.2, 0.25) is 16.6 Å². The fraction of sp³-hybridized carbons (Fsp3) is 0.619. The van der Waals surface area contributed by atoms with Crippen molar-refractivity contribution in [1.82, 2.24) is 0 Å². The minimum absolute atomic E-state index is 0.355. The maximum atomic E-state index is 14.0. The summed E-state index contributed by atoms with van der Waals surface area (Å²) in [7, 11) is -4.68. The topological polar surface area (TPSA) is 17.1 Å². The first-order valence-corrected chi connectivity index (χ1v) is 13.0. The first-order valence-electron chi connectivity index (χ1n) is 9.09. The second-order valence-electron chi connectivity index (χ2n) is 8.75. The van der Waals surface area contributed by atoms with Gasteiger partial charge < -0.3 is 4.57 Å². The minimum atomic E-state index is -2.80. The molecule has 0 saturated carbocycles. The van der Waals surface area contributed by atoms with Crippen molar-refractivity contribution < 1.29 is 4.57 Å². The summed E-state index contributed by atoms with van der Waals surface area (Å²) >= 11 is 0. The maximum absolute atomic E-state index is 14.0. The molecule has 0 fully saturated rings. The maximum Gasteiger partial charge on any atom is 0.187 e. The zero-order valence-corrected chi connectivity index (χ0v) is 18.9. The van der Waals surface area contributed by atoms with Crippen molar-refractivity contribution in [3.63, 3.8) is 0 Å². The SMILES string of the molecule is CC(C)[Si](C#CP(=O)(c1ccccc1)C(C)(C)C)(C(C)C)C(C)C. The summed E-state index contributed by atoms with van der Waals surface area (Å²) in [6, 6.07) is 9.86. The molecule has 0 heterocycles. The monoisotopic (exact) mass is 362 g/mol. The third kappa shape index (κ3) is 3.89. The largest absolute Gasteiger partial charge is 0.304 e. The van der Waals surface area contributed by atoms with Gasteiger partial charge in [0.1, 0.15) is 8.07 Å². The molecule has 0 aliphatic heterocycles. The van der Waals surface area contributed by atoms with E-state index in [9.17, 15) is 4.57 Å². The number of rotatable bonds is 4. The highest BCUT2D eigenvalue weighted by Gasteiger charge is 2.43. The Hall–Kier alpha value is -0.773. The van der Waals surface area contributed by atoms with Gasteiger partial charge in [-0.05, 0) is 22.3 Å². The molecule has 1 aromatic carbocycles. The van der Waals surface area contributed by atoms with Crippen LogP contribution >= 0.6 is 7.14 Å². The van der Waals surface area contributed by atoms with Crippen molar-refractivity contribution in [2.75, 3.05) is 0 Å². The summed E-state index contributed by atoms with van der Waals surface area (Å²) < 4.78 is 14.0. The molecule has 1 unspecified atom stereocenters. The number of benzene rings is 1. The normalized spacial score (nSPS) is 15.3. The number of hydrogen-bond donors (Lipinski definition) is 0. The Kier molecular flexibility index (Phi) is 6.76. The highest BCUT2D eigenvalue weighted by atomic mass is 31.2. The molecule has 1 rings (SSSR count). The first kappa shape index (κ1) is 21.3. The van der Waals surface area contributed by atoms with Crippen LogP contribution in [0.15, 0.2) is 30.3 Å². The highest BCUT2D eigenvalue weighted by molar-refractivity contribution is 7.77. The van der Waals surface area contributed by atoms with Crippen molar-refractivity contribution in [3.05, 3.63) is 30.3 Å². The Morgan fingerprint density at radius 2 is 1.29 bits per heavy atom. The summed E-state index contributed by atoms with van der Waals surface area (Å²) in [5.41, 5.74) is 8.76. The average molecular weight is 363 g/mol. The summed E-state index contributed by atoms with van der Waals surface area (Å²) in [6.07, 6.45) is 0. The van der Waals surface area contributed by atoms with Gasteiger partial charge in [-0.15, -0.1) is 5.54 Å². The third-order valence-corrected chi connectivity index (χ3v) is 15.2. The lowest BCUT2D eigenvalue weighted by Crippen LogP contribution is -2.43. The molecule has 0 spiro atoms. The van der Waals surface area contributed by atoms with Crippen LogP contribution in [0.25, 0.3) is 0 Å². The van der Waals surface area contributed by atoms with Crippen LogP contribution in [0.3, 0.4) is 0 Å². The van der Waals surface area contributed by atoms with Crippen LogP contribution in [0.4, 0.5) is 0 Å². The van der Waals surface area contributed by atoms with Gasteiger partial charge in [0.15, 0.2) is 7.14 Å². The Morgan fingerprint density at radius 1 is 0.875 bits per heavy atom. The second-order valence-corrected chi connectivity index (χ2v) is 17.6. The van der Waals surface area contributed by atoms with Crippen molar-refractivity contribution in [3.8, 4) is 11.2 Å². The molecule has 0 amide bonds. The van der Waals surface area contributed by atoms with Gasteiger partial charge in [0.25, 0.3) is 0 Å². The molecule has 0 aromatic heterocycles. The van der Waals surface area contributed by atoms with Gasteiger partial charge in [-0.2, -0.15) is 0 Å². The zero-order valence-electron chi connectivity index (χ0n) is 17.0. The molecule has 24 heavy (non-hydrogen) atoms. The number of hydrogen-bond acceptors (Lipinski definition) is 1. The molecule has 1 nitrogen and oxygen atoms in total. The van der Waals surface area contributed by atoms with E-state index in [1.54, 1.807) is 0 Å². The molecular formula is C21H35OPSi. The lowest BCUT2D eigenvalue weighted by molar-refractivity contribution is 0.564. The summed E-state index contributed by atoms with van der Waals surface area (Å²) in [5.74, 6) is 0. The lowest BCUT2D eigenvalue weighted by Gasteiger charge is -2.38. The van der Waals surface area contributed by atoms with Gasteiger partial charge >= 0.3 is 0 Å². The second kappa shape index (κ2) is 7.63. The minimum Gasteiger partial charge on any atom is -0.304 e. The van der Waals surface area contributed by atoms with E-state index in [0.29, 0.717) is 16.6 Å². The van der Waals surface area contributed by atoms with Crippen LogP contribution in [-0.2, 0) is 4.57 Å². The van der Waals surface area contributed by atoms with Crippen LogP contribution in [-0.4, -0.2) is 13.2 Å². The van der Waals surface area contributed by atoms with Crippen molar-refractivity contribution in [1.29, 1.82) is 0 Å². The van der Waals surface area contributed by atoms with Gasteiger partial charge in [-0.1, -0.05) is 92.6 Å². The van der Waals surface area contributed by atoms with E-state index in [1.165, 1.54) is 0 Å². The standard InChI is InChI=1S/C21H35OPSi/c1-17(2)24(18(3)4,19(5)6)16-15-23(22,21(7,8)9)20-13-11-10-12-14-20/h10-14,17-19H,1-9H3. The zero-order chi connectivity index (χ0) is 18.8. The first-order chi connectivity index (χ1) is 10.9. The van der Waals surface area contributed by atoms with Crippen LogP contribution < -0.4 is 5.30 Å². The Bertz CT molecular complexity index is 620. The lowest BCUT2D eigenvalue weighted by atomic mass is 10.3. The van der Waals surface area contributed by atoms with E-state index < -0.39 is 15.2 Å². The average Bonchev–Trinajstić information content (AvgIpc) is 2.46. The van der Waals surface area contributed by atoms with Crippen LogP contribution in [0.1, 0.15) is 62.3 Å². The summed E-state index contributed by atoms with van der Waals surface area (Å²) in [6.45, 7) is 19.9. The molecule has 0 N–H and O–H groups in total. The smallest absolute Gasteiger partial charge is 0.187 e. The summed E-state index contributed by atoms with van der Waals surface area (Å²) in [4.78, 5) is 0. The Morgan fingerprint density at radius 3 is 1.62 bits per heavy atom. The van der Waals surface area contributed by atoms with Gasteiger partial charge in [0.2, 0.25) is 0 Å². The molecule has 3 heteroatoms. The molecule has 0 bridgehead atoms. The molecule has 1 atom stereocenters. The molecule has 0 radical (unpaired) electrons. The van der Waals surface area contributed by atoms with E-state index in [-0.39, 0.29) is 5.16 Å². The van der Waals surface area contributed by atoms with E-state index in [1.807, 2.05) is 30.3 Å². The summed E-state index contributed by atoms with van der Waals surface area (Å²) in [5, 5.41) is 0.538. The third-order valence-electron chi connectivity index (χ3n) is 5.36. The van der Waals surface area contributed by atoms with E-state index in [4.69, 9.17) is 0 Å². The highest BCUT2D eigenvalue weighted by Crippen LogP contribution is 2.56. The predicted molar refractivity (Wildman–Crippen MR) is 112 cm³/mol. The molecule has 0 aliphatic rings. The van der Waals surface area contributed by atoms with Crippen molar-refractivity contribution >= 4 is 20.5 Å². The van der Waals surface area contributed by atoms with E-state index >= 15 is 0 Å². The van der Waals surface area contributed by atoms with Crippen molar-refractivity contribution in [2.24, 2.45) is 0 Å². The Balaban J connectivity index is 3.62. The molecule has 1 aromatic rings. The fourth-order valence-corrected chi connectivity index (χ4v) is 12.0. The van der Waals surface area contributed by atoms with Gasteiger partial charge in [-0.25, -0.2) is 0 Å². The molecular weight excluding hydrogens is 327 g/mol. The molecule has 0 saturated heterocycles. The molecule has 0 aliphatic carbocycles. The van der Waals surface area contributed by atoms with E-state index in [2.05, 4.69) is 73.5 Å². The molecule has 134 valence electrons. The van der Waals surface area contributed by atoms with Gasteiger partial charge in [0, 0.05) is 10.5 Å². The fourth-order valence-electron chi connectivity index (χ4n) is 3.87. The van der Waals surface area contributed by atoms with E-state index in [0.717, 1.165) is 5.30 Å². The predicted octanol–water partition coefficient (Wildman–Crippen LogP) is 6.65. The van der Waals surface area contributed by atoms with Crippen LogP contribution in [0.5, 0.6) is 0 Å². The van der Waals surface area contributed by atoms with Crippen LogP contribution in [0, 0.1) is 11.2 Å². The quantitative estimate of drug-likeness (QED) is 0.333. The van der Waals surface area contributed by atoms with Gasteiger partial charge in [-0.3, -0.25) is 0 Å². The van der Waals surface area contributed by atoms with Crippen molar-refractivity contribution in [2.45, 2.75) is 84.1 Å². The Labute approximate surface area is 151 Å². The van der Waals surface area contributed by atoms with Gasteiger partial charge in [0.05, 0.1) is 0 Å².